The van der Waals surface area contributed by atoms with E-state index in [0.717, 1.165) is 93.2 Å². The summed E-state index contributed by atoms with van der Waals surface area (Å²) in [6, 6.07) is 56.3. The van der Waals surface area contributed by atoms with E-state index in [0.29, 0.717) is 17.5 Å². The third-order valence-corrected chi connectivity index (χ3v) is 10.1. The average Bonchev–Trinajstić information content (AvgIpc) is 3.79. The quantitative estimate of drug-likeness (QED) is 0.187. The fourth-order valence-corrected chi connectivity index (χ4v) is 7.69. The first-order valence-electron chi connectivity index (χ1n) is 17.3. The van der Waals surface area contributed by atoms with E-state index >= 15 is 0 Å². The van der Waals surface area contributed by atoms with Crippen LogP contribution in [-0.4, -0.2) is 15.0 Å². The van der Waals surface area contributed by atoms with Crippen LogP contribution in [0.3, 0.4) is 0 Å². The molecular weight excluding hydrogens is 639 g/mol. The van der Waals surface area contributed by atoms with E-state index in [9.17, 15) is 0 Å². The maximum absolute atomic E-state index is 6.59. The minimum Gasteiger partial charge on any atom is -0.456 e. The number of para-hydroxylation sites is 1. The third-order valence-electron chi connectivity index (χ3n) is 10.1. The predicted octanol–water partition coefficient (Wildman–Crippen LogP) is 12.6. The highest BCUT2D eigenvalue weighted by molar-refractivity contribution is 6.21. The molecule has 0 saturated heterocycles. The molecule has 8 aromatic carbocycles. The first-order valence-corrected chi connectivity index (χ1v) is 17.3. The number of hydrogen-bond acceptors (Lipinski definition) is 5. The van der Waals surface area contributed by atoms with Crippen molar-refractivity contribution in [1.82, 2.24) is 15.0 Å². The van der Waals surface area contributed by atoms with E-state index in [1.165, 1.54) is 0 Å². The zero-order valence-corrected chi connectivity index (χ0v) is 27.7. The van der Waals surface area contributed by atoms with Crippen molar-refractivity contribution in [3.8, 4) is 45.3 Å². The lowest BCUT2D eigenvalue weighted by molar-refractivity contribution is 0.668. The molecule has 0 aliphatic carbocycles. The number of fused-ring (bicyclic) bond motifs is 8. The maximum atomic E-state index is 6.59. The van der Waals surface area contributed by atoms with Crippen molar-refractivity contribution >= 4 is 65.4 Å². The fraction of sp³-hybridized carbons (Fsp3) is 0. The Hall–Kier alpha value is -7.11. The Kier molecular flexibility index (Phi) is 6.18. The Balaban J connectivity index is 1.19. The van der Waals surface area contributed by atoms with Crippen LogP contribution in [0.4, 0.5) is 0 Å². The van der Waals surface area contributed by atoms with Gasteiger partial charge in [-0.15, -0.1) is 0 Å². The second kappa shape index (κ2) is 11.2. The van der Waals surface area contributed by atoms with E-state index in [4.69, 9.17) is 23.8 Å². The molecule has 0 unspecified atom stereocenters. The van der Waals surface area contributed by atoms with Crippen molar-refractivity contribution in [3.63, 3.8) is 0 Å². The van der Waals surface area contributed by atoms with Gasteiger partial charge in [0.15, 0.2) is 17.5 Å². The Labute approximate surface area is 297 Å². The fourth-order valence-electron chi connectivity index (χ4n) is 7.69. The van der Waals surface area contributed by atoms with E-state index in [-0.39, 0.29) is 0 Å². The minimum atomic E-state index is 0.580. The lowest BCUT2D eigenvalue weighted by Gasteiger charge is -2.11. The maximum Gasteiger partial charge on any atom is 0.164 e. The van der Waals surface area contributed by atoms with Crippen molar-refractivity contribution in [3.05, 3.63) is 164 Å². The largest absolute Gasteiger partial charge is 0.456 e. The van der Waals surface area contributed by atoms with E-state index in [1.807, 2.05) is 36.4 Å². The molecule has 0 aliphatic rings. The van der Waals surface area contributed by atoms with Crippen molar-refractivity contribution in [2.75, 3.05) is 0 Å². The van der Waals surface area contributed by atoms with Gasteiger partial charge < -0.3 is 8.83 Å². The average molecular weight is 666 g/mol. The van der Waals surface area contributed by atoms with Crippen molar-refractivity contribution in [2.24, 2.45) is 0 Å². The predicted molar refractivity (Wildman–Crippen MR) is 211 cm³/mol. The summed E-state index contributed by atoms with van der Waals surface area (Å²) in [5.74, 6) is 1.80. The zero-order chi connectivity index (χ0) is 34.2. The second-order valence-corrected chi connectivity index (χ2v) is 13.2. The smallest absolute Gasteiger partial charge is 0.164 e. The van der Waals surface area contributed by atoms with Gasteiger partial charge in [-0.3, -0.25) is 0 Å². The molecule has 3 aromatic heterocycles. The van der Waals surface area contributed by atoms with Crippen LogP contribution in [0.1, 0.15) is 0 Å². The lowest BCUT2D eigenvalue weighted by atomic mass is 9.94. The van der Waals surface area contributed by atoms with Gasteiger partial charge in [-0.2, -0.15) is 0 Å². The Morgan fingerprint density at radius 3 is 1.38 bits per heavy atom. The summed E-state index contributed by atoms with van der Waals surface area (Å²) in [6.07, 6.45) is 0. The first kappa shape index (κ1) is 28.7. The van der Waals surface area contributed by atoms with Crippen LogP contribution < -0.4 is 0 Å². The molecule has 52 heavy (non-hydrogen) atoms. The Bertz CT molecular complexity index is 3110. The molecule has 11 aromatic rings. The summed E-state index contributed by atoms with van der Waals surface area (Å²) in [5.41, 5.74) is 8.13. The summed E-state index contributed by atoms with van der Waals surface area (Å²) in [7, 11) is 0. The molecule has 0 N–H and O–H groups in total. The molecule has 0 fully saturated rings. The number of benzene rings is 8. The molecule has 0 spiro atoms. The molecule has 3 heterocycles. The van der Waals surface area contributed by atoms with Crippen molar-refractivity contribution < 1.29 is 8.83 Å². The van der Waals surface area contributed by atoms with Gasteiger partial charge in [0.25, 0.3) is 0 Å². The van der Waals surface area contributed by atoms with E-state index in [1.54, 1.807) is 0 Å². The molecule has 5 nitrogen and oxygen atoms in total. The molecule has 5 heteroatoms. The van der Waals surface area contributed by atoms with Gasteiger partial charge in [0.2, 0.25) is 0 Å². The van der Waals surface area contributed by atoms with E-state index in [2.05, 4.69) is 127 Å². The Morgan fingerprint density at radius 1 is 0.308 bits per heavy atom. The molecule has 0 aliphatic heterocycles. The number of furan rings is 2. The summed E-state index contributed by atoms with van der Waals surface area (Å²) < 4.78 is 12.9. The van der Waals surface area contributed by atoms with Gasteiger partial charge in [-0.1, -0.05) is 127 Å². The molecular formula is C47H27N3O2. The number of nitrogens with zero attached hydrogens (tertiary/aromatic N) is 3. The molecule has 242 valence electrons. The van der Waals surface area contributed by atoms with Gasteiger partial charge in [0, 0.05) is 38.2 Å². The van der Waals surface area contributed by atoms with Gasteiger partial charge in [-0.05, 0) is 69.1 Å². The monoisotopic (exact) mass is 665 g/mol. The number of aromatic nitrogens is 3. The zero-order valence-electron chi connectivity index (χ0n) is 27.7. The van der Waals surface area contributed by atoms with Crippen LogP contribution >= 0.6 is 0 Å². The molecule has 0 atom stereocenters. The van der Waals surface area contributed by atoms with Crippen LogP contribution in [0.15, 0.2) is 173 Å². The molecule has 0 amide bonds. The number of rotatable bonds is 4. The third kappa shape index (κ3) is 4.46. The topological polar surface area (TPSA) is 65.0 Å². The lowest BCUT2D eigenvalue weighted by Crippen LogP contribution is -2.00. The highest BCUT2D eigenvalue weighted by Gasteiger charge is 2.22. The summed E-state index contributed by atoms with van der Waals surface area (Å²) in [4.78, 5) is 15.5. The van der Waals surface area contributed by atoms with Crippen molar-refractivity contribution in [2.45, 2.75) is 0 Å². The van der Waals surface area contributed by atoms with Crippen LogP contribution in [0, 0.1) is 0 Å². The van der Waals surface area contributed by atoms with Gasteiger partial charge >= 0.3 is 0 Å². The van der Waals surface area contributed by atoms with Gasteiger partial charge in [0.05, 0.1) is 0 Å². The van der Waals surface area contributed by atoms with Gasteiger partial charge in [-0.25, -0.2) is 15.0 Å². The normalized spacial score (nSPS) is 11.8. The standard InChI is InChI=1S/C47H27N3O2/c1-3-12-30-26-32(24-22-28(30)10-1)45-48-46(33-25-23-29-11-2-4-13-31(29)27-33)50-47(49-45)37-17-9-21-41-44(37)43-35(16-8-20-40(43)52-41)34-15-7-19-39-42(34)36-14-5-6-18-38(36)51-39/h1-27H. The number of hydrogen-bond donors (Lipinski definition) is 0. The minimum absolute atomic E-state index is 0.580. The van der Waals surface area contributed by atoms with Crippen molar-refractivity contribution in [1.29, 1.82) is 0 Å². The first-order chi connectivity index (χ1) is 25.7. The summed E-state index contributed by atoms with van der Waals surface area (Å²) >= 11 is 0. The highest BCUT2D eigenvalue weighted by Crippen LogP contribution is 2.44. The van der Waals surface area contributed by atoms with Crippen LogP contribution in [0.5, 0.6) is 0 Å². The second-order valence-electron chi connectivity index (χ2n) is 13.2. The SMILES string of the molecule is c1ccc2cc(-c3nc(-c4ccc5ccccc5c4)nc(-c4cccc5oc6cccc(-c7cccc8oc9ccccc9c78)c6c45)n3)ccc2c1. The van der Waals surface area contributed by atoms with Crippen LogP contribution in [0.25, 0.3) is 111 Å². The Morgan fingerprint density at radius 2 is 0.750 bits per heavy atom. The molecule has 0 radical (unpaired) electrons. The van der Waals surface area contributed by atoms with Gasteiger partial charge in [0.1, 0.15) is 22.3 Å². The molecule has 0 saturated carbocycles. The van der Waals surface area contributed by atoms with Crippen LogP contribution in [0.2, 0.25) is 0 Å². The highest BCUT2D eigenvalue weighted by atomic mass is 16.3. The molecule has 11 rings (SSSR count). The molecule has 0 bridgehead atoms. The summed E-state index contributed by atoms with van der Waals surface area (Å²) in [5, 5.41) is 8.70. The van der Waals surface area contributed by atoms with E-state index < -0.39 is 0 Å². The van der Waals surface area contributed by atoms with Crippen LogP contribution in [-0.2, 0) is 0 Å². The summed E-state index contributed by atoms with van der Waals surface area (Å²) in [6.45, 7) is 0.